The zero-order valence-electron chi connectivity index (χ0n) is 9.14. The Balaban J connectivity index is 1.90. The van der Waals surface area contributed by atoms with Crippen LogP contribution in [-0.2, 0) is 0 Å². The molecule has 0 amide bonds. The van der Waals surface area contributed by atoms with Crippen molar-refractivity contribution in [3.05, 3.63) is 29.3 Å². The number of hydrogen-bond donors (Lipinski definition) is 1. The van der Waals surface area contributed by atoms with Gasteiger partial charge in [0.1, 0.15) is 0 Å². The molecule has 1 heteroatoms. The van der Waals surface area contributed by atoms with Crippen LogP contribution < -0.4 is 5.32 Å². The Kier molecular flexibility index (Phi) is 2.76. The van der Waals surface area contributed by atoms with Crippen LogP contribution >= 0.6 is 0 Å². The largest absolute Gasteiger partial charge is 0.385 e. The van der Waals surface area contributed by atoms with Crippen molar-refractivity contribution in [3.8, 4) is 0 Å². The van der Waals surface area contributed by atoms with Crippen LogP contribution in [0.15, 0.2) is 18.2 Å². The van der Waals surface area contributed by atoms with Crippen molar-refractivity contribution in [1.29, 1.82) is 0 Å². The van der Waals surface area contributed by atoms with Gasteiger partial charge in [-0.3, -0.25) is 0 Å². The first kappa shape index (κ1) is 9.57. The predicted molar refractivity (Wildman–Crippen MR) is 61.7 cm³/mol. The molecule has 1 aromatic rings. The van der Waals surface area contributed by atoms with Crippen molar-refractivity contribution in [2.45, 2.75) is 33.1 Å². The minimum atomic E-state index is 1.02. The maximum atomic E-state index is 3.53. The van der Waals surface area contributed by atoms with Crippen molar-refractivity contribution in [2.24, 2.45) is 5.92 Å². The molecule has 1 aliphatic carbocycles. The van der Waals surface area contributed by atoms with Gasteiger partial charge in [-0.15, -0.1) is 0 Å². The lowest BCUT2D eigenvalue weighted by molar-refractivity contribution is 0.760. The van der Waals surface area contributed by atoms with E-state index in [-0.39, 0.29) is 0 Å². The third-order valence-corrected chi connectivity index (χ3v) is 3.17. The second kappa shape index (κ2) is 4.04. The highest BCUT2D eigenvalue weighted by Crippen LogP contribution is 2.32. The zero-order valence-corrected chi connectivity index (χ0v) is 9.14. The number of anilines is 1. The molecule has 1 nitrogen and oxygen atoms in total. The summed E-state index contributed by atoms with van der Waals surface area (Å²) in [5, 5.41) is 3.53. The average molecular weight is 189 g/mol. The fourth-order valence-corrected chi connectivity index (χ4v) is 1.76. The molecule has 0 bridgehead atoms. The minimum Gasteiger partial charge on any atom is -0.385 e. The summed E-state index contributed by atoms with van der Waals surface area (Å²) in [6, 6.07) is 6.47. The van der Waals surface area contributed by atoms with Gasteiger partial charge < -0.3 is 5.32 Å². The molecule has 14 heavy (non-hydrogen) atoms. The van der Waals surface area contributed by atoms with E-state index in [1.165, 1.54) is 36.1 Å². The number of hydrogen-bond acceptors (Lipinski definition) is 1. The molecule has 1 N–H and O–H groups in total. The first-order valence-corrected chi connectivity index (χ1v) is 5.57. The first-order valence-electron chi connectivity index (χ1n) is 5.57. The van der Waals surface area contributed by atoms with Gasteiger partial charge in [-0.1, -0.05) is 25.0 Å². The smallest absolute Gasteiger partial charge is 0.0372 e. The second-order valence-corrected chi connectivity index (χ2v) is 4.41. The van der Waals surface area contributed by atoms with Crippen molar-refractivity contribution >= 4 is 5.69 Å². The third-order valence-electron chi connectivity index (χ3n) is 3.17. The third kappa shape index (κ3) is 2.28. The molecule has 0 heterocycles. The molecule has 1 aromatic carbocycles. The highest BCUT2D eigenvalue weighted by molar-refractivity contribution is 5.53. The van der Waals surface area contributed by atoms with Crippen LogP contribution in [-0.4, -0.2) is 6.54 Å². The van der Waals surface area contributed by atoms with Crippen molar-refractivity contribution < 1.29 is 0 Å². The van der Waals surface area contributed by atoms with E-state index in [9.17, 15) is 0 Å². The lowest BCUT2D eigenvalue weighted by Gasteiger charge is -2.10. The number of benzene rings is 1. The quantitative estimate of drug-likeness (QED) is 0.764. The average Bonchev–Trinajstić information content (AvgIpc) is 2.96. The number of nitrogens with one attached hydrogen (secondary N) is 1. The molecule has 1 fully saturated rings. The summed E-state index contributed by atoms with van der Waals surface area (Å²) in [4.78, 5) is 0. The van der Waals surface area contributed by atoms with E-state index in [0.717, 1.165) is 12.5 Å². The van der Waals surface area contributed by atoms with Crippen molar-refractivity contribution in [2.75, 3.05) is 11.9 Å². The monoisotopic (exact) mass is 189 g/mol. The number of aryl methyl sites for hydroxylation is 1. The van der Waals surface area contributed by atoms with Gasteiger partial charge in [0.25, 0.3) is 0 Å². The molecule has 0 atom stereocenters. The van der Waals surface area contributed by atoms with Gasteiger partial charge in [-0.2, -0.15) is 0 Å². The lowest BCUT2D eigenvalue weighted by Crippen LogP contribution is -2.04. The highest BCUT2D eigenvalue weighted by atomic mass is 14.9. The van der Waals surface area contributed by atoms with Gasteiger partial charge in [0, 0.05) is 12.2 Å². The topological polar surface area (TPSA) is 12.0 Å². The summed E-state index contributed by atoms with van der Waals surface area (Å²) in [6.07, 6.45) is 4.25. The molecule has 0 unspecified atom stereocenters. The summed E-state index contributed by atoms with van der Waals surface area (Å²) in [5.41, 5.74) is 4.08. The highest BCUT2D eigenvalue weighted by Gasteiger charge is 2.20. The normalized spacial score (nSPS) is 15.6. The van der Waals surface area contributed by atoms with Gasteiger partial charge in [-0.25, -0.2) is 0 Å². The molecule has 1 saturated carbocycles. The Hall–Kier alpha value is -0.980. The van der Waals surface area contributed by atoms with Crippen molar-refractivity contribution in [3.63, 3.8) is 0 Å². The summed E-state index contributed by atoms with van der Waals surface area (Å²) in [7, 11) is 0. The summed E-state index contributed by atoms with van der Waals surface area (Å²) < 4.78 is 0. The van der Waals surface area contributed by atoms with E-state index < -0.39 is 0 Å². The van der Waals surface area contributed by atoms with E-state index in [1.54, 1.807) is 0 Å². The zero-order chi connectivity index (χ0) is 9.97. The van der Waals surface area contributed by atoms with E-state index in [2.05, 4.69) is 37.4 Å². The molecular formula is C13H19N. The molecular weight excluding hydrogens is 170 g/mol. The second-order valence-electron chi connectivity index (χ2n) is 4.41. The van der Waals surface area contributed by atoms with Crippen molar-refractivity contribution in [1.82, 2.24) is 0 Å². The molecule has 2 rings (SSSR count). The van der Waals surface area contributed by atoms with Crippen LogP contribution in [0.1, 0.15) is 30.4 Å². The standard InChI is InChI=1S/C13H19N/c1-10-4-3-5-13(11(10)2)14-9-8-12-6-7-12/h3-5,12,14H,6-9H2,1-2H3. The predicted octanol–water partition coefficient (Wildman–Crippen LogP) is 3.52. The van der Waals surface area contributed by atoms with Crippen LogP contribution in [0.25, 0.3) is 0 Å². The summed E-state index contributed by atoms with van der Waals surface area (Å²) >= 11 is 0. The maximum absolute atomic E-state index is 3.53. The van der Waals surface area contributed by atoms with Crippen LogP contribution in [0.4, 0.5) is 5.69 Å². The van der Waals surface area contributed by atoms with E-state index in [1.807, 2.05) is 0 Å². The first-order chi connectivity index (χ1) is 6.77. The summed E-state index contributed by atoms with van der Waals surface area (Å²) in [5.74, 6) is 1.02. The SMILES string of the molecule is Cc1cccc(NCCC2CC2)c1C. The van der Waals surface area contributed by atoms with Gasteiger partial charge in [0.2, 0.25) is 0 Å². The lowest BCUT2D eigenvalue weighted by atomic mass is 10.1. The Morgan fingerprint density at radius 2 is 2.07 bits per heavy atom. The molecule has 1 aliphatic rings. The van der Waals surface area contributed by atoms with Gasteiger partial charge in [0.05, 0.1) is 0 Å². The molecule has 0 radical (unpaired) electrons. The Morgan fingerprint density at radius 3 is 2.79 bits per heavy atom. The van der Waals surface area contributed by atoms with Crippen LogP contribution in [0.5, 0.6) is 0 Å². The van der Waals surface area contributed by atoms with Crippen LogP contribution in [0, 0.1) is 19.8 Å². The Labute approximate surface area is 86.5 Å². The Morgan fingerprint density at radius 1 is 1.29 bits per heavy atom. The van der Waals surface area contributed by atoms with E-state index >= 15 is 0 Å². The van der Waals surface area contributed by atoms with E-state index in [4.69, 9.17) is 0 Å². The van der Waals surface area contributed by atoms with Gasteiger partial charge in [-0.05, 0) is 43.4 Å². The molecule has 0 aliphatic heterocycles. The minimum absolute atomic E-state index is 1.02. The molecule has 76 valence electrons. The molecule has 0 aromatic heterocycles. The summed E-state index contributed by atoms with van der Waals surface area (Å²) in [6.45, 7) is 5.49. The van der Waals surface area contributed by atoms with E-state index in [0.29, 0.717) is 0 Å². The van der Waals surface area contributed by atoms with Gasteiger partial charge in [0.15, 0.2) is 0 Å². The number of rotatable bonds is 4. The maximum Gasteiger partial charge on any atom is 0.0372 e. The van der Waals surface area contributed by atoms with Gasteiger partial charge >= 0.3 is 0 Å². The fraction of sp³-hybridized carbons (Fsp3) is 0.538. The van der Waals surface area contributed by atoms with Crippen LogP contribution in [0.3, 0.4) is 0 Å². The fourth-order valence-electron chi connectivity index (χ4n) is 1.76. The molecule has 0 saturated heterocycles. The Bertz CT molecular complexity index is 313. The molecule has 0 spiro atoms. The van der Waals surface area contributed by atoms with Crippen LogP contribution in [0.2, 0.25) is 0 Å².